The van der Waals surface area contributed by atoms with Crippen molar-refractivity contribution in [2.45, 2.75) is 33.6 Å². The van der Waals surface area contributed by atoms with Crippen LogP contribution in [0, 0.1) is 0 Å². The molecule has 0 radical (unpaired) electrons. The van der Waals surface area contributed by atoms with Crippen molar-refractivity contribution in [3.05, 3.63) is 42.7 Å². The van der Waals surface area contributed by atoms with Gasteiger partial charge in [-0.3, -0.25) is 0 Å². The molecule has 0 atom stereocenters. The van der Waals surface area contributed by atoms with Crippen molar-refractivity contribution in [3.63, 3.8) is 0 Å². The number of hydrogen-bond donors (Lipinski definition) is 0. The molecule has 2 rings (SSSR count). The molecule has 92 valence electrons. The first-order valence-electron chi connectivity index (χ1n) is 5.53. The Balaban J connectivity index is 0.00000128. The van der Waals surface area contributed by atoms with Crippen molar-refractivity contribution in [2.75, 3.05) is 0 Å². The maximum atomic E-state index is 4.50. The summed E-state index contributed by atoms with van der Waals surface area (Å²) >= 11 is -1.34. The molecule has 0 aliphatic heterocycles. The van der Waals surface area contributed by atoms with Gasteiger partial charge in [0.25, 0.3) is 0 Å². The van der Waals surface area contributed by atoms with Gasteiger partial charge in [-0.2, -0.15) is 0 Å². The predicted octanol–water partition coefficient (Wildman–Crippen LogP) is -2.10. The van der Waals surface area contributed by atoms with Gasteiger partial charge in [0.15, 0.2) is 0 Å². The summed E-state index contributed by atoms with van der Waals surface area (Å²) in [4.78, 5) is 4.50. The quantitative estimate of drug-likeness (QED) is 0.513. The first-order valence-corrected chi connectivity index (χ1v) is 8.19. The molecule has 0 fully saturated rings. The van der Waals surface area contributed by atoms with Crippen LogP contribution in [-0.2, 0) is 17.4 Å². The number of hydrogen-bond acceptors (Lipinski definition) is 0. The molecule has 0 aromatic rings. The summed E-state index contributed by atoms with van der Waals surface area (Å²) in [6.45, 7) is 6.80. The molecule has 0 aromatic heterocycles. The summed E-state index contributed by atoms with van der Waals surface area (Å²) in [5.74, 6) is 0. The fourth-order valence-electron chi connectivity index (χ4n) is 2.27. The van der Waals surface area contributed by atoms with E-state index in [1.54, 1.807) is 18.9 Å². The van der Waals surface area contributed by atoms with Gasteiger partial charge in [-0.1, -0.05) is 0 Å². The Morgan fingerprint density at radius 2 is 1.76 bits per heavy atom. The molecule has 2 aliphatic carbocycles. The van der Waals surface area contributed by atoms with E-state index in [1.807, 2.05) is 0 Å². The van der Waals surface area contributed by atoms with Gasteiger partial charge >= 0.3 is 98.5 Å². The second-order valence-electron chi connectivity index (χ2n) is 4.49. The SMILES string of the molecule is [CH2]=[Ti+2]([C]1=CC=CC1)[C]1=C(C)C(C)=C(C)C1.[Cl-].[Cl-]. The first-order chi connectivity index (χ1) is 7.11. The fraction of sp³-hybridized carbons (Fsp3) is 0.357. The molecule has 17 heavy (non-hydrogen) atoms. The molecule has 0 amide bonds. The molecule has 0 unspecified atom stereocenters. The topological polar surface area (TPSA) is 0 Å². The molecular weight excluding hydrogens is 287 g/mol. The van der Waals surface area contributed by atoms with E-state index in [2.05, 4.69) is 43.8 Å². The van der Waals surface area contributed by atoms with E-state index in [0.29, 0.717) is 0 Å². The minimum atomic E-state index is -1.34. The maximum absolute atomic E-state index is 4.50. The third-order valence-corrected chi connectivity index (χ3v) is 7.41. The Bertz CT molecular complexity index is 451. The van der Waals surface area contributed by atoms with Crippen LogP contribution in [0.5, 0.6) is 0 Å². The summed E-state index contributed by atoms with van der Waals surface area (Å²) in [7, 11) is 0. The molecule has 2 aliphatic rings. The summed E-state index contributed by atoms with van der Waals surface area (Å²) in [5, 5.41) is 0. The van der Waals surface area contributed by atoms with Gasteiger partial charge < -0.3 is 24.8 Å². The van der Waals surface area contributed by atoms with Gasteiger partial charge in [0.1, 0.15) is 0 Å². The first kappa shape index (κ1) is 17.1. The Morgan fingerprint density at radius 1 is 1.12 bits per heavy atom. The third-order valence-electron chi connectivity index (χ3n) is 3.62. The Hall–Kier alpha value is 0.124. The number of allylic oxidation sites excluding steroid dienone is 8. The van der Waals surface area contributed by atoms with Gasteiger partial charge in [-0.05, 0) is 0 Å². The van der Waals surface area contributed by atoms with E-state index >= 15 is 0 Å². The zero-order chi connectivity index (χ0) is 11.0. The molecule has 3 heteroatoms. The maximum Gasteiger partial charge on any atom is -1.00 e. The Morgan fingerprint density at radius 3 is 2.18 bits per heavy atom. The standard InChI is InChI=1S/C8H11.C5H5.CH2.2ClH.Ti/c1-6-4-5-7(2)8(6)3;1-2-4-5-3-1;;;;/h4H2,1-3H3;1-3H,4H2;1H2;2*1H;/q;;;;;+2/p-2. The summed E-state index contributed by atoms with van der Waals surface area (Å²) in [6, 6.07) is 0. The minimum Gasteiger partial charge on any atom is -1.00 e. The van der Waals surface area contributed by atoms with Crippen LogP contribution in [0.1, 0.15) is 33.6 Å². The average molecular weight is 305 g/mol. The molecule has 0 nitrogen and oxygen atoms in total. The number of halogens is 2. The van der Waals surface area contributed by atoms with Crippen molar-refractivity contribution in [1.82, 2.24) is 0 Å². The normalized spacial score (nSPS) is 17.4. The van der Waals surface area contributed by atoms with Crippen LogP contribution in [0.4, 0.5) is 0 Å². The van der Waals surface area contributed by atoms with E-state index in [-0.39, 0.29) is 24.8 Å². The summed E-state index contributed by atoms with van der Waals surface area (Å²) in [6.07, 6.45) is 9.10. The molecule has 0 saturated carbocycles. The van der Waals surface area contributed by atoms with E-state index in [1.165, 1.54) is 12.0 Å². The fourth-order valence-corrected chi connectivity index (χ4v) is 5.66. The molecule has 0 heterocycles. The van der Waals surface area contributed by atoms with E-state index in [9.17, 15) is 0 Å². The van der Waals surface area contributed by atoms with Crippen LogP contribution < -0.4 is 24.8 Å². The van der Waals surface area contributed by atoms with Crippen LogP contribution in [0.25, 0.3) is 0 Å². The van der Waals surface area contributed by atoms with Crippen molar-refractivity contribution in [2.24, 2.45) is 0 Å². The van der Waals surface area contributed by atoms with Crippen molar-refractivity contribution in [3.8, 4) is 0 Å². The Kier molecular flexibility index (Phi) is 6.95. The van der Waals surface area contributed by atoms with Crippen molar-refractivity contribution < 1.29 is 42.2 Å². The van der Waals surface area contributed by atoms with Crippen LogP contribution >= 0.6 is 0 Å². The zero-order valence-electron chi connectivity index (χ0n) is 10.6. The van der Waals surface area contributed by atoms with E-state index in [4.69, 9.17) is 0 Å². The van der Waals surface area contributed by atoms with Crippen LogP contribution in [-0.4, -0.2) is 4.82 Å². The van der Waals surface area contributed by atoms with Gasteiger partial charge in [0, 0.05) is 0 Å². The summed E-state index contributed by atoms with van der Waals surface area (Å²) < 4.78 is 3.33. The molecular formula is C14H18Cl2Ti. The van der Waals surface area contributed by atoms with Crippen LogP contribution in [0.3, 0.4) is 0 Å². The largest absolute Gasteiger partial charge is 1.00 e. The monoisotopic (exact) mass is 304 g/mol. The van der Waals surface area contributed by atoms with Gasteiger partial charge in [-0.25, -0.2) is 0 Å². The Labute approximate surface area is 123 Å². The summed E-state index contributed by atoms with van der Waals surface area (Å²) in [5.41, 5.74) is 4.62. The van der Waals surface area contributed by atoms with Crippen molar-refractivity contribution >= 4 is 4.82 Å². The average Bonchev–Trinajstić information content (AvgIpc) is 2.82. The van der Waals surface area contributed by atoms with Crippen molar-refractivity contribution in [1.29, 1.82) is 0 Å². The second-order valence-corrected chi connectivity index (χ2v) is 7.93. The number of rotatable bonds is 2. The van der Waals surface area contributed by atoms with Crippen LogP contribution in [0.2, 0.25) is 0 Å². The minimum absolute atomic E-state index is 0. The van der Waals surface area contributed by atoms with Crippen LogP contribution in [0.15, 0.2) is 42.7 Å². The third kappa shape index (κ3) is 3.32. The molecule has 0 aromatic carbocycles. The molecule has 0 bridgehead atoms. The predicted molar refractivity (Wildman–Crippen MR) is 64.7 cm³/mol. The van der Waals surface area contributed by atoms with Gasteiger partial charge in [0.05, 0.1) is 0 Å². The molecule has 0 N–H and O–H groups in total. The second kappa shape index (κ2) is 6.90. The molecule has 0 saturated heterocycles. The van der Waals surface area contributed by atoms with E-state index in [0.717, 1.165) is 6.42 Å². The van der Waals surface area contributed by atoms with Gasteiger partial charge in [0.2, 0.25) is 0 Å². The van der Waals surface area contributed by atoms with E-state index < -0.39 is 17.4 Å². The molecule has 0 spiro atoms. The zero-order valence-corrected chi connectivity index (χ0v) is 13.7. The smallest absolute Gasteiger partial charge is 1.00 e. The van der Waals surface area contributed by atoms with Gasteiger partial charge in [-0.15, -0.1) is 0 Å².